The van der Waals surface area contributed by atoms with E-state index in [1.165, 1.54) is 12.8 Å². The summed E-state index contributed by atoms with van der Waals surface area (Å²) in [4.78, 5) is 6.94. The molecule has 1 fully saturated rings. The zero-order valence-corrected chi connectivity index (χ0v) is 13.1. The molecule has 1 N–H and O–H groups in total. The molecule has 2 rings (SSSR count). The van der Waals surface area contributed by atoms with Gasteiger partial charge in [0, 0.05) is 19.0 Å². The van der Waals surface area contributed by atoms with Gasteiger partial charge in [0.05, 0.1) is 6.54 Å². The maximum atomic E-state index is 5.32. The molecule has 0 amide bonds. The fraction of sp³-hybridized carbons (Fsp3) is 0.867. The van der Waals surface area contributed by atoms with E-state index in [2.05, 4.69) is 41.1 Å². The Labute approximate surface area is 122 Å². The molecule has 1 unspecified atom stereocenters. The fourth-order valence-corrected chi connectivity index (χ4v) is 2.76. The Balaban J connectivity index is 1.87. The van der Waals surface area contributed by atoms with Gasteiger partial charge in [-0.2, -0.15) is 4.98 Å². The van der Waals surface area contributed by atoms with E-state index in [1.807, 2.05) is 0 Å². The molecule has 1 saturated heterocycles. The van der Waals surface area contributed by atoms with Crippen LogP contribution in [-0.4, -0.2) is 40.7 Å². The van der Waals surface area contributed by atoms with Crippen LogP contribution < -0.4 is 5.32 Å². The lowest BCUT2D eigenvalue weighted by Gasteiger charge is -2.23. The van der Waals surface area contributed by atoms with Gasteiger partial charge in [-0.1, -0.05) is 25.9 Å². The second-order valence-corrected chi connectivity index (χ2v) is 6.23. The molecule has 0 spiro atoms. The lowest BCUT2D eigenvalue weighted by molar-refractivity contribution is 0.232. The van der Waals surface area contributed by atoms with Crippen molar-refractivity contribution in [1.82, 2.24) is 20.4 Å². The van der Waals surface area contributed by atoms with Crippen LogP contribution in [0.25, 0.3) is 0 Å². The quantitative estimate of drug-likeness (QED) is 0.791. The van der Waals surface area contributed by atoms with E-state index in [0.717, 1.165) is 50.7 Å². The minimum absolute atomic E-state index is 0.553. The highest BCUT2D eigenvalue weighted by Crippen LogP contribution is 2.11. The van der Waals surface area contributed by atoms with E-state index in [-0.39, 0.29) is 0 Å². The number of hydrogen-bond acceptors (Lipinski definition) is 5. The maximum Gasteiger partial charge on any atom is 0.226 e. The molecule has 0 aromatic carbocycles. The van der Waals surface area contributed by atoms with Gasteiger partial charge in [-0.15, -0.1) is 0 Å². The molecular formula is C15H28N4O. The zero-order valence-electron chi connectivity index (χ0n) is 13.1. The molecule has 5 heteroatoms. The van der Waals surface area contributed by atoms with Crippen LogP contribution in [0.3, 0.4) is 0 Å². The molecule has 5 nitrogen and oxygen atoms in total. The second-order valence-electron chi connectivity index (χ2n) is 6.23. The van der Waals surface area contributed by atoms with Crippen LogP contribution in [-0.2, 0) is 13.0 Å². The van der Waals surface area contributed by atoms with E-state index in [4.69, 9.17) is 4.52 Å². The van der Waals surface area contributed by atoms with Crippen LogP contribution in [0.4, 0.5) is 0 Å². The van der Waals surface area contributed by atoms with E-state index in [9.17, 15) is 0 Å². The summed E-state index contributed by atoms with van der Waals surface area (Å²) < 4.78 is 5.32. The van der Waals surface area contributed by atoms with Crippen molar-refractivity contribution in [2.24, 2.45) is 5.92 Å². The topological polar surface area (TPSA) is 54.2 Å². The first-order valence-electron chi connectivity index (χ1n) is 7.94. The van der Waals surface area contributed by atoms with Gasteiger partial charge in [-0.3, -0.25) is 4.90 Å². The van der Waals surface area contributed by atoms with Gasteiger partial charge < -0.3 is 9.84 Å². The van der Waals surface area contributed by atoms with E-state index in [0.29, 0.717) is 12.0 Å². The fourth-order valence-electron chi connectivity index (χ4n) is 2.76. The Morgan fingerprint density at radius 2 is 2.30 bits per heavy atom. The van der Waals surface area contributed by atoms with Gasteiger partial charge >= 0.3 is 0 Å². The highest BCUT2D eigenvalue weighted by molar-refractivity contribution is 4.88. The van der Waals surface area contributed by atoms with Crippen molar-refractivity contribution in [1.29, 1.82) is 0 Å². The molecule has 1 atom stereocenters. The molecule has 1 aliphatic heterocycles. The summed E-state index contributed by atoms with van der Waals surface area (Å²) in [6, 6.07) is 0.628. The Hall–Kier alpha value is -0.940. The maximum absolute atomic E-state index is 5.32. The number of aromatic nitrogens is 2. The SMILES string of the molecule is CCCN(Cc1noc(CC(C)C)n1)CC1CCCN1. The van der Waals surface area contributed by atoms with Crippen molar-refractivity contribution in [3.05, 3.63) is 11.7 Å². The molecule has 0 radical (unpaired) electrons. The number of nitrogens with zero attached hydrogens (tertiary/aromatic N) is 3. The molecule has 2 heterocycles. The lowest BCUT2D eigenvalue weighted by Crippen LogP contribution is -2.37. The minimum Gasteiger partial charge on any atom is -0.339 e. The third kappa shape index (κ3) is 4.87. The molecule has 1 aliphatic rings. The van der Waals surface area contributed by atoms with Crippen molar-refractivity contribution in [2.75, 3.05) is 19.6 Å². The van der Waals surface area contributed by atoms with Crippen LogP contribution in [0.1, 0.15) is 51.7 Å². The van der Waals surface area contributed by atoms with Crippen LogP contribution in [0, 0.1) is 5.92 Å². The summed E-state index contributed by atoms with van der Waals surface area (Å²) >= 11 is 0. The van der Waals surface area contributed by atoms with Crippen molar-refractivity contribution in [2.45, 2.75) is 59.0 Å². The molecule has 20 heavy (non-hydrogen) atoms. The summed E-state index contributed by atoms with van der Waals surface area (Å²) in [6.07, 6.45) is 4.60. The predicted molar refractivity (Wildman–Crippen MR) is 79.4 cm³/mol. The average Bonchev–Trinajstić information content (AvgIpc) is 3.01. The van der Waals surface area contributed by atoms with E-state index < -0.39 is 0 Å². The molecule has 1 aromatic rings. The molecule has 0 bridgehead atoms. The third-order valence-electron chi connectivity index (χ3n) is 3.64. The second kappa shape index (κ2) is 7.74. The summed E-state index contributed by atoms with van der Waals surface area (Å²) in [5, 5.41) is 7.67. The van der Waals surface area contributed by atoms with Crippen LogP contribution in [0.5, 0.6) is 0 Å². The summed E-state index contributed by atoms with van der Waals surface area (Å²) in [5.41, 5.74) is 0. The van der Waals surface area contributed by atoms with Crippen LogP contribution >= 0.6 is 0 Å². The van der Waals surface area contributed by atoms with Crippen LogP contribution in [0.2, 0.25) is 0 Å². The Morgan fingerprint density at radius 3 is 2.95 bits per heavy atom. The van der Waals surface area contributed by atoms with Gasteiger partial charge in [0.2, 0.25) is 5.89 Å². The first-order valence-corrected chi connectivity index (χ1v) is 7.94. The van der Waals surface area contributed by atoms with Crippen molar-refractivity contribution >= 4 is 0 Å². The summed E-state index contributed by atoms with van der Waals surface area (Å²) in [7, 11) is 0. The molecule has 0 aliphatic carbocycles. The predicted octanol–water partition coefficient (Wildman–Crippen LogP) is 2.23. The first-order chi connectivity index (χ1) is 9.67. The first kappa shape index (κ1) is 15.4. The smallest absolute Gasteiger partial charge is 0.226 e. The van der Waals surface area contributed by atoms with Crippen molar-refractivity contribution in [3.8, 4) is 0 Å². The van der Waals surface area contributed by atoms with E-state index in [1.54, 1.807) is 0 Å². The minimum atomic E-state index is 0.553. The number of rotatable bonds is 8. The molecular weight excluding hydrogens is 252 g/mol. The third-order valence-corrected chi connectivity index (χ3v) is 3.64. The van der Waals surface area contributed by atoms with Gasteiger partial charge in [0.1, 0.15) is 0 Å². The Morgan fingerprint density at radius 1 is 1.45 bits per heavy atom. The van der Waals surface area contributed by atoms with Crippen molar-refractivity contribution < 1.29 is 4.52 Å². The van der Waals surface area contributed by atoms with Crippen LogP contribution in [0.15, 0.2) is 4.52 Å². The molecule has 1 aromatic heterocycles. The zero-order chi connectivity index (χ0) is 14.4. The van der Waals surface area contributed by atoms with E-state index >= 15 is 0 Å². The summed E-state index contributed by atoms with van der Waals surface area (Å²) in [6.45, 7) is 10.7. The Bertz CT molecular complexity index is 385. The summed E-state index contributed by atoms with van der Waals surface area (Å²) in [5.74, 6) is 2.15. The van der Waals surface area contributed by atoms with Gasteiger partial charge in [-0.05, 0) is 38.3 Å². The highest BCUT2D eigenvalue weighted by atomic mass is 16.5. The van der Waals surface area contributed by atoms with Gasteiger partial charge in [0.25, 0.3) is 0 Å². The lowest BCUT2D eigenvalue weighted by atomic mass is 10.1. The van der Waals surface area contributed by atoms with Gasteiger partial charge in [-0.25, -0.2) is 0 Å². The standard InChI is InChI=1S/C15H28N4O/c1-4-8-19(10-13-6-5-7-16-13)11-14-17-15(20-18-14)9-12(2)3/h12-13,16H,4-11H2,1-3H3. The molecule has 114 valence electrons. The Kier molecular flexibility index (Phi) is 5.98. The van der Waals surface area contributed by atoms with Crippen molar-refractivity contribution in [3.63, 3.8) is 0 Å². The van der Waals surface area contributed by atoms with Gasteiger partial charge in [0.15, 0.2) is 5.82 Å². The molecule has 0 saturated carbocycles. The normalized spacial score (nSPS) is 19.4. The number of nitrogens with one attached hydrogen (secondary N) is 1. The monoisotopic (exact) mass is 280 g/mol. The number of hydrogen-bond donors (Lipinski definition) is 1. The average molecular weight is 280 g/mol. The highest BCUT2D eigenvalue weighted by Gasteiger charge is 2.19. The largest absolute Gasteiger partial charge is 0.339 e.